The molecule has 0 radical (unpaired) electrons. The number of halogens is 1. The zero-order chi connectivity index (χ0) is 28.1. The van der Waals surface area contributed by atoms with Crippen LogP contribution in [0.3, 0.4) is 0 Å². The number of nitrogens with zero attached hydrogens (tertiary/aromatic N) is 2. The molecule has 2 atom stereocenters. The van der Waals surface area contributed by atoms with Crippen molar-refractivity contribution in [2.24, 2.45) is 5.41 Å². The second-order valence-corrected chi connectivity index (χ2v) is 10.2. The minimum Gasteiger partial charge on any atom is -0.494 e. The highest BCUT2D eigenvalue weighted by atomic mass is 19.1. The number of amides is 1. The fourth-order valence-electron chi connectivity index (χ4n) is 3.45. The Morgan fingerprint density at radius 1 is 1.08 bits per heavy atom. The molecule has 0 aliphatic heterocycles. The number of nitrogens with one attached hydrogen (secondary N) is 1. The lowest BCUT2D eigenvalue weighted by Gasteiger charge is -2.36. The number of carboxylic acid groups (broad SMARTS) is 1. The highest BCUT2D eigenvalue weighted by Gasteiger charge is 2.36. The van der Waals surface area contributed by atoms with E-state index in [0.29, 0.717) is 17.9 Å². The van der Waals surface area contributed by atoms with Gasteiger partial charge in [-0.1, -0.05) is 45.0 Å². The Morgan fingerprint density at radius 2 is 1.79 bits per heavy atom. The van der Waals surface area contributed by atoms with E-state index in [-0.39, 0.29) is 30.3 Å². The monoisotopic (exact) mass is 527 g/mol. The summed E-state index contributed by atoms with van der Waals surface area (Å²) in [4.78, 5) is 24.8. The zero-order valence-electron chi connectivity index (χ0n) is 22.2. The number of aromatic nitrogens is 2. The van der Waals surface area contributed by atoms with Gasteiger partial charge in [0.2, 0.25) is 5.88 Å². The van der Waals surface area contributed by atoms with Crippen molar-refractivity contribution in [2.75, 3.05) is 13.2 Å². The molecule has 1 heterocycles. The Labute approximate surface area is 221 Å². The number of carbonyl (C=O) groups is 2. The summed E-state index contributed by atoms with van der Waals surface area (Å²) in [6, 6.07) is 13.1. The molecule has 0 aliphatic carbocycles. The Morgan fingerprint density at radius 3 is 2.42 bits per heavy atom. The molecule has 0 saturated heterocycles. The maximum Gasteiger partial charge on any atom is 0.305 e. The maximum atomic E-state index is 14.7. The summed E-state index contributed by atoms with van der Waals surface area (Å²) in [6.45, 7) is 9.29. The molecule has 0 unspecified atom stereocenters. The van der Waals surface area contributed by atoms with Gasteiger partial charge in [-0.3, -0.25) is 9.59 Å². The molecule has 10 heteroatoms. The van der Waals surface area contributed by atoms with Gasteiger partial charge in [0.15, 0.2) is 5.69 Å². The zero-order valence-corrected chi connectivity index (χ0v) is 22.2. The number of para-hydroxylation sites is 1. The SMILES string of the molecule is CCOc1cccc([C@H](CC(=O)O)NC(=O)c2cc(OC[C@](C)(O)C(C)(C)C)n(-c3ccccc3F)n2)c1. The number of aliphatic carboxylic acids is 1. The third-order valence-electron chi connectivity index (χ3n) is 6.36. The van der Waals surface area contributed by atoms with E-state index in [4.69, 9.17) is 9.47 Å². The first-order valence-corrected chi connectivity index (χ1v) is 12.3. The summed E-state index contributed by atoms with van der Waals surface area (Å²) >= 11 is 0. The first-order valence-electron chi connectivity index (χ1n) is 12.3. The van der Waals surface area contributed by atoms with E-state index in [0.717, 1.165) is 4.68 Å². The van der Waals surface area contributed by atoms with E-state index in [1.807, 2.05) is 27.7 Å². The molecule has 9 nitrogen and oxygen atoms in total. The molecule has 3 aromatic rings. The van der Waals surface area contributed by atoms with Gasteiger partial charge in [-0.05, 0) is 49.1 Å². The highest BCUT2D eigenvalue weighted by Crippen LogP contribution is 2.31. The third kappa shape index (κ3) is 6.89. The van der Waals surface area contributed by atoms with Crippen molar-refractivity contribution >= 4 is 11.9 Å². The largest absolute Gasteiger partial charge is 0.494 e. The highest BCUT2D eigenvalue weighted by molar-refractivity contribution is 5.93. The standard InChI is InChI=1S/C28H34FN3O6/c1-6-37-19-11-9-10-18(14-19)21(16-25(33)34)30-26(35)22-15-24(38-17-28(5,36)27(2,3)4)32(31-22)23-13-8-7-12-20(23)29/h7-15,21,36H,6,16-17H2,1-5H3,(H,30,35)(H,33,34)/t21-,28-/m0/s1. The van der Waals surface area contributed by atoms with E-state index >= 15 is 0 Å². The normalized spacial score (nSPS) is 13.9. The van der Waals surface area contributed by atoms with E-state index in [9.17, 15) is 24.2 Å². The smallest absolute Gasteiger partial charge is 0.305 e. The van der Waals surface area contributed by atoms with E-state index in [2.05, 4.69) is 10.4 Å². The predicted octanol–water partition coefficient (Wildman–Crippen LogP) is 4.53. The molecule has 0 bridgehead atoms. The average Bonchev–Trinajstić information content (AvgIpc) is 3.26. The van der Waals surface area contributed by atoms with Crippen LogP contribution in [-0.4, -0.2) is 50.7 Å². The van der Waals surface area contributed by atoms with Gasteiger partial charge < -0.3 is 25.0 Å². The lowest BCUT2D eigenvalue weighted by atomic mass is 9.78. The minimum atomic E-state index is -1.25. The lowest BCUT2D eigenvalue weighted by molar-refractivity contribution is -0.137. The summed E-state index contributed by atoms with van der Waals surface area (Å²) in [5, 5.41) is 27.3. The molecule has 204 valence electrons. The van der Waals surface area contributed by atoms with Crippen LogP contribution in [0.2, 0.25) is 0 Å². The first kappa shape index (κ1) is 28.6. The molecule has 0 spiro atoms. The summed E-state index contributed by atoms with van der Waals surface area (Å²) in [5.74, 6) is -1.80. The van der Waals surface area contributed by atoms with Crippen LogP contribution < -0.4 is 14.8 Å². The molecule has 0 aliphatic rings. The maximum absolute atomic E-state index is 14.7. The van der Waals surface area contributed by atoms with Crippen molar-refractivity contribution in [3.8, 4) is 17.3 Å². The van der Waals surface area contributed by atoms with Crippen LogP contribution in [0.25, 0.3) is 5.69 Å². The van der Waals surface area contributed by atoms with Crippen LogP contribution in [0.1, 0.15) is 63.1 Å². The van der Waals surface area contributed by atoms with Crippen LogP contribution >= 0.6 is 0 Å². The van der Waals surface area contributed by atoms with Crippen molar-refractivity contribution in [1.82, 2.24) is 15.1 Å². The summed E-state index contributed by atoms with van der Waals surface area (Å²) < 4.78 is 27.2. The molecule has 38 heavy (non-hydrogen) atoms. The van der Waals surface area contributed by atoms with Crippen molar-refractivity contribution in [3.05, 3.63) is 71.7 Å². The fraction of sp³-hybridized carbons (Fsp3) is 0.393. The Kier molecular flexibility index (Phi) is 8.78. The minimum absolute atomic E-state index is 0.0397. The van der Waals surface area contributed by atoms with Gasteiger partial charge in [-0.15, -0.1) is 0 Å². The Hall–Kier alpha value is -3.92. The van der Waals surface area contributed by atoms with Gasteiger partial charge >= 0.3 is 5.97 Å². The van der Waals surface area contributed by atoms with Gasteiger partial charge in [0.25, 0.3) is 5.91 Å². The molecule has 0 saturated carbocycles. The summed E-state index contributed by atoms with van der Waals surface area (Å²) in [6.07, 6.45) is -0.382. The summed E-state index contributed by atoms with van der Waals surface area (Å²) in [7, 11) is 0. The van der Waals surface area contributed by atoms with Gasteiger partial charge in [0.05, 0.1) is 19.1 Å². The van der Waals surface area contributed by atoms with Crippen molar-refractivity contribution in [3.63, 3.8) is 0 Å². The summed E-state index contributed by atoms with van der Waals surface area (Å²) in [5.41, 5.74) is -1.31. The van der Waals surface area contributed by atoms with Crippen molar-refractivity contribution < 1.29 is 33.7 Å². The van der Waals surface area contributed by atoms with Gasteiger partial charge in [-0.25, -0.2) is 4.39 Å². The average molecular weight is 528 g/mol. The first-order chi connectivity index (χ1) is 17.8. The van der Waals surface area contributed by atoms with Crippen molar-refractivity contribution in [2.45, 2.75) is 52.7 Å². The predicted molar refractivity (Wildman–Crippen MR) is 139 cm³/mol. The number of aliphatic hydroxyl groups is 1. The second-order valence-electron chi connectivity index (χ2n) is 10.2. The topological polar surface area (TPSA) is 123 Å². The van der Waals surface area contributed by atoms with E-state index in [1.165, 1.54) is 24.3 Å². The van der Waals surface area contributed by atoms with Crippen LogP contribution in [-0.2, 0) is 4.79 Å². The number of carboxylic acids is 1. The van der Waals surface area contributed by atoms with Gasteiger partial charge in [-0.2, -0.15) is 9.78 Å². The lowest BCUT2D eigenvalue weighted by Crippen LogP contribution is -2.45. The molecule has 3 rings (SSSR count). The van der Waals surface area contributed by atoms with Crippen LogP contribution in [0.5, 0.6) is 11.6 Å². The number of ether oxygens (including phenoxy) is 2. The molecular weight excluding hydrogens is 493 g/mol. The molecular formula is C28H34FN3O6. The van der Waals surface area contributed by atoms with E-state index in [1.54, 1.807) is 37.3 Å². The molecule has 3 N–H and O–H groups in total. The van der Waals surface area contributed by atoms with E-state index < -0.39 is 34.8 Å². The van der Waals surface area contributed by atoms with Crippen LogP contribution in [0, 0.1) is 11.2 Å². The number of hydrogen-bond acceptors (Lipinski definition) is 6. The fourth-order valence-corrected chi connectivity index (χ4v) is 3.45. The number of hydrogen-bond donors (Lipinski definition) is 3. The number of carbonyl (C=O) groups excluding carboxylic acids is 1. The Bertz CT molecular complexity index is 1280. The third-order valence-corrected chi connectivity index (χ3v) is 6.36. The van der Waals surface area contributed by atoms with Gasteiger partial charge in [0, 0.05) is 6.07 Å². The Balaban J connectivity index is 1.95. The molecule has 0 fully saturated rings. The van der Waals surface area contributed by atoms with Crippen molar-refractivity contribution in [1.29, 1.82) is 0 Å². The number of benzene rings is 2. The molecule has 2 aromatic carbocycles. The van der Waals surface area contributed by atoms with Gasteiger partial charge in [0.1, 0.15) is 29.5 Å². The quantitative estimate of drug-likeness (QED) is 0.335. The molecule has 1 aromatic heterocycles. The second kappa shape index (κ2) is 11.6. The number of rotatable bonds is 11. The van der Waals surface area contributed by atoms with Crippen LogP contribution in [0.4, 0.5) is 4.39 Å². The van der Waals surface area contributed by atoms with Crippen LogP contribution in [0.15, 0.2) is 54.6 Å². The molecule has 1 amide bonds.